The van der Waals surface area contributed by atoms with E-state index in [1.54, 1.807) is 18.3 Å². The summed E-state index contributed by atoms with van der Waals surface area (Å²) in [5.74, 6) is -0.0211. The number of amides is 2. The zero-order valence-electron chi connectivity index (χ0n) is 15.8. The molecule has 10 nitrogen and oxygen atoms in total. The molecule has 0 bridgehead atoms. The van der Waals surface area contributed by atoms with Crippen molar-refractivity contribution in [3.05, 3.63) is 41.9 Å². The molecule has 1 fully saturated rings. The lowest BCUT2D eigenvalue weighted by Crippen LogP contribution is -2.30. The first kappa shape index (κ1) is 21.0. The van der Waals surface area contributed by atoms with Crippen molar-refractivity contribution in [3.63, 3.8) is 0 Å². The standard InChI is InChI=1S/C12H20N6O.C6H6N2O/c1-7(13)5-15-12-16-6-9(10(14)19)11(18-12)17-8-3-2-4-8;7-6(9)5-2-1-3-8-4-5/h6-8H,2-5,13H2,1H3,(H2,14,19)(H2,15,16,17,18);1-4H,(H2,7,9)/t7-;/m0./s1. The fourth-order valence-corrected chi connectivity index (χ4v) is 2.26. The normalized spacial score (nSPS) is 14.1. The van der Waals surface area contributed by atoms with Crippen LogP contribution in [0.25, 0.3) is 0 Å². The number of nitrogens with one attached hydrogen (secondary N) is 2. The molecule has 0 aliphatic heterocycles. The minimum Gasteiger partial charge on any atom is -0.367 e. The highest BCUT2D eigenvalue weighted by Gasteiger charge is 2.21. The molecule has 1 atom stereocenters. The van der Waals surface area contributed by atoms with Gasteiger partial charge in [-0.1, -0.05) is 0 Å². The molecule has 2 heterocycles. The maximum atomic E-state index is 11.3. The first-order valence-electron chi connectivity index (χ1n) is 8.99. The summed E-state index contributed by atoms with van der Waals surface area (Å²) < 4.78 is 0. The van der Waals surface area contributed by atoms with Crippen molar-refractivity contribution < 1.29 is 9.59 Å². The number of rotatable bonds is 7. The van der Waals surface area contributed by atoms with Crippen LogP contribution in [0.1, 0.15) is 46.9 Å². The average molecular weight is 386 g/mol. The van der Waals surface area contributed by atoms with E-state index in [0.29, 0.717) is 35.5 Å². The number of nitrogens with zero attached hydrogens (tertiary/aromatic N) is 3. The monoisotopic (exact) mass is 386 g/mol. The molecule has 0 aromatic carbocycles. The van der Waals surface area contributed by atoms with Crippen LogP contribution in [0.3, 0.4) is 0 Å². The molecule has 1 saturated carbocycles. The number of nitrogens with two attached hydrogens (primary N) is 3. The molecule has 1 aliphatic rings. The second-order valence-corrected chi connectivity index (χ2v) is 6.56. The van der Waals surface area contributed by atoms with Crippen molar-refractivity contribution in [2.45, 2.75) is 38.3 Å². The molecule has 10 heteroatoms. The summed E-state index contributed by atoms with van der Waals surface area (Å²) in [5, 5.41) is 6.25. The number of aromatic nitrogens is 3. The minimum absolute atomic E-state index is 0.00228. The third-order valence-electron chi connectivity index (χ3n) is 4.03. The lowest BCUT2D eigenvalue weighted by atomic mass is 9.93. The van der Waals surface area contributed by atoms with Gasteiger partial charge in [-0.15, -0.1) is 0 Å². The average Bonchev–Trinajstić information content (AvgIpc) is 2.64. The van der Waals surface area contributed by atoms with E-state index < -0.39 is 11.8 Å². The predicted octanol–water partition coefficient (Wildman–Crippen LogP) is 0.480. The Morgan fingerprint density at radius 2 is 2.00 bits per heavy atom. The second-order valence-electron chi connectivity index (χ2n) is 6.56. The maximum absolute atomic E-state index is 11.3. The highest BCUT2D eigenvalue weighted by molar-refractivity contribution is 5.97. The first-order chi connectivity index (χ1) is 13.4. The first-order valence-corrected chi connectivity index (χ1v) is 8.99. The molecule has 28 heavy (non-hydrogen) atoms. The molecule has 1 aliphatic carbocycles. The van der Waals surface area contributed by atoms with Gasteiger partial charge in [-0.25, -0.2) is 4.98 Å². The molecule has 2 aromatic heterocycles. The molecule has 2 amide bonds. The Hall–Kier alpha value is -3.27. The summed E-state index contributed by atoms with van der Waals surface area (Å²) in [6.45, 7) is 2.46. The van der Waals surface area contributed by atoms with Gasteiger partial charge in [0, 0.05) is 37.2 Å². The van der Waals surface area contributed by atoms with Crippen molar-refractivity contribution in [2.24, 2.45) is 17.2 Å². The fourth-order valence-electron chi connectivity index (χ4n) is 2.26. The van der Waals surface area contributed by atoms with Crippen LogP contribution >= 0.6 is 0 Å². The smallest absolute Gasteiger partial charge is 0.254 e. The van der Waals surface area contributed by atoms with Crippen LogP contribution in [-0.4, -0.2) is 45.4 Å². The Kier molecular flexibility index (Phi) is 7.64. The van der Waals surface area contributed by atoms with E-state index in [4.69, 9.17) is 17.2 Å². The lowest BCUT2D eigenvalue weighted by molar-refractivity contribution is 0.0991. The van der Waals surface area contributed by atoms with Crippen LogP contribution in [0.5, 0.6) is 0 Å². The van der Waals surface area contributed by atoms with Crippen molar-refractivity contribution in [2.75, 3.05) is 17.2 Å². The van der Waals surface area contributed by atoms with Crippen molar-refractivity contribution in [1.82, 2.24) is 15.0 Å². The van der Waals surface area contributed by atoms with Gasteiger partial charge < -0.3 is 27.8 Å². The lowest BCUT2D eigenvalue weighted by Gasteiger charge is -2.27. The van der Waals surface area contributed by atoms with Crippen LogP contribution in [0.2, 0.25) is 0 Å². The van der Waals surface area contributed by atoms with Crippen molar-refractivity contribution >= 4 is 23.6 Å². The quantitative estimate of drug-likeness (QED) is 0.456. The van der Waals surface area contributed by atoms with Crippen LogP contribution < -0.4 is 27.8 Å². The van der Waals surface area contributed by atoms with E-state index in [1.165, 1.54) is 18.8 Å². The maximum Gasteiger partial charge on any atom is 0.254 e. The molecule has 0 spiro atoms. The molecule has 8 N–H and O–H groups in total. The van der Waals surface area contributed by atoms with E-state index >= 15 is 0 Å². The van der Waals surface area contributed by atoms with Crippen molar-refractivity contribution in [3.8, 4) is 0 Å². The summed E-state index contributed by atoms with van der Waals surface area (Å²) in [5.41, 5.74) is 16.7. The highest BCUT2D eigenvalue weighted by atomic mass is 16.1. The number of anilines is 2. The van der Waals surface area contributed by atoms with Gasteiger partial charge in [-0.05, 0) is 38.3 Å². The third kappa shape index (κ3) is 6.47. The van der Waals surface area contributed by atoms with Gasteiger partial charge in [0.2, 0.25) is 11.9 Å². The predicted molar refractivity (Wildman–Crippen MR) is 107 cm³/mol. The molecule has 3 rings (SSSR count). The number of hydrogen-bond donors (Lipinski definition) is 5. The molecule has 0 unspecified atom stereocenters. The van der Waals surface area contributed by atoms with Crippen LogP contribution in [-0.2, 0) is 0 Å². The SMILES string of the molecule is C[C@H](N)CNc1ncc(C(N)=O)c(NC2CCC2)n1.NC(=O)c1cccnc1. The van der Waals surface area contributed by atoms with E-state index in [-0.39, 0.29) is 6.04 Å². The molecule has 150 valence electrons. The zero-order valence-corrected chi connectivity index (χ0v) is 15.8. The Bertz CT molecular complexity index is 793. The number of hydrogen-bond acceptors (Lipinski definition) is 8. The van der Waals surface area contributed by atoms with E-state index in [1.807, 2.05) is 6.92 Å². The summed E-state index contributed by atoms with van der Waals surface area (Å²) >= 11 is 0. The summed E-state index contributed by atoms with van der Waals surface area (Å²) in [6.07, 6.45) is 7.84. The van der Waals surface area contributed by atoms with Crippen molar-refractivity contribution in [1.29, 1.82) is 0 Å². The third-order valence-corrected chi connectivity index (χ3v) is 4.03. The number of carbonyl (C=O) groups is 2. The Balaban J connectivity index is 0.000000261. The van der Waals surface area contributed by atoms with Gasteiger partial charge in [0.1, 0.15) is 5.82 Å². The van der Waals surface area contributed by atoms with E-state index in [9.17, 15) is 9.59 Å². The zero-order chi connectivity index (χ0) is 20.5. The van der Waals surface area contributed by atoms with Crippen LogP contribution in [0.4, 0.5) is 11.8 Å². The Morgan fingerprint density at radius 3 is 2.46 bits per heavy atom. The van der Waals surface area contributed by atoms with Gasteiger partial charge in [-0.3, -0.25) is 14.6 Å². The van der Waals surface area contributed by atoms with Gasteiger partial charge in [0.05, 0.1) is 11.1 Å². The van der Waals surface area contributed by atoms with E-state index in [0.717, 1.165) is 12.8 Å². The van der Waals surface area contributed by atoms with E-state index in [2.05, 4.69) is 25.6 Å². The second kappa shape index (κ2) is 10.2. The van der Waals surface area contributed by atoms with Gasteiger partial charge in [-0.2, -0.15) is 4.98 Å². The number of primary amides is 2. The largest absolute Gasteiger partial charge is 0.367 e. The molecule has 0 radical (unpaired) electrons. The number of carbonyl (C=O) groups excluding carboxylic acids is 2. The van der Waals surface area contributed by atoms with Gasteiger partial charge in [0.25, 0.3) is 5.91 Å². The highest BCUT2D eigenvalue weighted by Crippen LogP contribution is 2.24. The molecular weight excluding hydrogens is 360 g/mol. The summed E-state index contributed by atoms with van der Waals surface area (Å²) in [4.78, 5) is 33.8. The molecule has 0 saturated heterocycles. The van der Waals surface area contributed by atoms with Crippen LogP contribution in [0, 0.1) is 0 Å². The fraction of sp³-hybridized carbons (Fsp3) is 0.389. The van der Waals surface area contributed by atoms with Crippen LogP contribution in [0.15, 0.2) is 30.7 Å². The summed E-state index contributed by atoms with van der Waals surface area (Å²) in [6, 6.07) is 3.66. The van der Waals surface area contributed by atoms with Gasteiger partial charge in [0.15, 0.2) is 0 Å². The Morgan fingerprint density at radius 1 is 1.25 bits per heavy atom. The van der Waals surface area contributed by atoms with Gasteiger partial charge >= 0.3 is 0 Å². The topological polar surface area (TPSA) is 175 Å². The number of pyridine rings is 1. The molecular formula is C18H26N8O2. The summed E-state index contributed by atoms with van der Waals surface area (Å²) in [7, 11) is 0. The minimum atomic E-state index is -0.527. The Labute approximate surface area is 163 Å². The molecule has 2 aromatic rings.